The topological polar surface area (TPSA) is 33.6 Å². The number of ether oxygens (including phenoxy) is 1. The fraction of sp³-hybridized carbons (Fsp3) is 0.111. The molecule has 0 saturated heterocycles. The number of nitrogens with zero attached hydrogens (tertiary/aromatic N) is 1. The van der Waals surface area contributed by atoms with E-state index in [-0.39, 0.29) is 0 Å². The minimum absolute atomic E-state index is 0.342. The number of hydrogen-bond acceptors (Lipinski definition) is 3. The lowest BCUT2D eigenvalue weighted by atomic mass is 10.2. The van der Waals surface area contributed by atoms with Gasteiger partial charge in [-0.15, -0.1) is 12.6 Å². The molecular weight excluding hydrogens is 216 g/mol. The summed E-state index contributed by atoms with van der Waals surface area (Å²) in [4.78, 5) is 0. The van der Waals surface area contributed by atoms with E-state index in [0.717, 1.165) is 11.3 Å². The van der Waals surface area contributed by atoms with Gasteiger partial charge in [-0.25, -0.2) is 0 Å². The zero-order valence-corrected chi connectivity index (χ0v) is 9.31. The summed E-state index contributed by atoms with van der Waals surface area (Å²) in [6.45, 7) is 0. The van der Waals surface area contributed by atoms with Crippen molar-refractivity contribution in [1.82, 2.24) is 5.43 Å². The Balaban J connectivity index is 2.59. The second kappa shape index (κ2) is 5.62. The van der Waals surface area contributed by atoms with Crippen molar-refractivity contribution in [2.45, 2.75) is 0 Å². The first kappa shape index (κ1) is 11.0. The Bertz CT molecular complexity index is 335. The van der Waals surface area contributed by atoms with E-state index in [4.69, 9.17) is 4.74 Å². The standard InChI is InChI=1S/C9H10N2OS2/c1-12-8-4-2-7(3-5-8)6-10-11-9(13)14/h2-6H,1H3,(H2,11,13,14)/b10-6-. The molecule has 14 heavy (non-hydrogen) atoms. The van der Waals surface area contributed by atoms with E-state index in [2.05, 4.69) is 35.4 Å². The third kappa shape index (κ3) is 3.76. The molecule has 0 aliphatic heterocycles. The summed E-state index contributed by atoms with van der Waals surface area (Å²) < 4.78 is 5.36. The van der Waals surface area contributed by atoms with Crippen LogP contribution in [0, 0.1) is 0 Å². The minimum Gasteiger partial charge on any atom is -0.497 e. The van der Waals surface area contributed by atoms with E-state index in [1.807, 2.05) is 24.3 Å². The molecule has 1 rings (SSSR count). The highest BCUT2D eigenvalue weighted by molar-refractivity contribution is 8.11. The highest BCUT2D eigenvalue weighted by Gasteiger charge is 1.90. The monoisotopic (exact) mass is 226 g/mol. The fourth-order valence-electron chi connectivity index (χ4n) is 0.852. The molecule has 0 radical (unpaired) electrons. The molecule has 1 N–H and O–H groups in total. The molecule has 0 heterocycles. The Labute approximate surface area is 93.6 Å². The first-order valence-electron chi connectivity index (χ1n) is 3.88. The van der Waals surface area contributed by atoms with Crippen LogP contribution < -0.4 is 10.2 Å². The molecule has 0 fully saturated rings. The Morgan fingerprint density at radius 3 is 2.64 bits per heavy atom. The van der Waals surface area contributed by atoms with Crippen molar-refractivity contribution in [3.05, 3.63) is 29.8 Å². The zero-order chi connectivity index (χ0) is 10.4. The van der Waals surface area contributed by atoms with Gasteiger partial charge in [-0.05, 0) is 29.8 Å². The molecule has 0 bridgehead atoms. The number of thiocarbonyl (C=S) groups is 1. The Morgan fingerprint density at radius 1 is 1.50 bits per heavy atom. The van der Waals surface area contributed by atoms with Crippen molar-refractivity contribution in [3.8, 4) is 5.75 Å². The maximum Gasteiger partial charge on any atom is 0.150 e. The average molecular weight is 226 g/mol. The molecule has 0 aliphatic rings. The van der Waals surface area contributed by atoms with Gasteiger partial charge < -0.3 is 4.74 Å². The normalized spacial score (nSPS) is 10.1. The van der Waals surface area contributed by atoms with Gasteiger partial charge in [-0.3, -0.25) is 5.43 Å². The summed E-state index contributed by atoms with van der Waals surface area (Å²) >= 11 is 8.53. The first-order valence-corrected chi connectivity index (χ1v) is 4.74. The molecule has 0 unspecified atom stereocenters. The number of nitrogens with one attached hydrogen (secondary N) is 1. The van der Waals surface area contributed by atoms with Gasteiger partial charge in [-0.2, -0.15) is 5.10 Å². The summed E-state index contributed by atoms with van der Waals surface area (Å²) in [6, 6.07) is 7.51. The third-order valence-electron chi connectivity index (χ3n) is 1.49. The number of methoxy groups -OCH3 is 1. The highest BCUT2D eigenvalue weighted by Crippen LogP contribution is 2.09. The summed E-state index contributed by atoms with van der Waals surface area (Å²) in [5, 5.41) is 3.86. The lowest BCUT2D eigenvalue weighted by molar-refractivity contribution is 0.415. The molecule has 0 aliphatic carbocycles. The summed E-state index contributed by atoms with van der Waals surface area (Å²) in [6.07, 6.45) is 1.65. The third-order valence-corrected chi connectivity index (χ3v) is 1.68. The van der Waals surface area contributed by atoms with Crippen molar-refractivity contribution < 1.29 is 4.74 Å². The number of benzene rings is 1. The van der Waals surface area contributed by atoms with Gasteiger partial charge in [0.25, 0.3) is 0 Å². The Kier molecular flexibility index (Phi) is 4.42. The van der Waals surface area contributed by atoms with Gasteiger partial charge >= 0.3 is 0 Å². The Hall–Kier alpha value is -1.07. The van der Waals surface area contributed by atoms with Crippen molar-refractivity contribution in [3.63, 3.8) is 0 Å². The van der Waals surface area contributed by atoms with E-state index in [1.165, 1.54) is 0 Å². The van der Waals surface area contributed by atoms with Crippen LogP contribution >= 0.6 is 24.8 Å². The van der Waals surface area contributed by atoms with Gasteiger partial charge in [0.2, 0.25) is 0 Å². The first-order chi connectivity index (χ1) is 6.72. The number of hydrogen-bond donors (Lipinski definition) is 2. The SMILES string of the molecule is COc1ccc(/C=N\NC(=S)S)cc1. The van der Waals surface area contributed by atoms with E-state index in [0.29, 0.717) is 4.32 Å². The Morgan fingerprint density at radius 2 is 2.14 bits per heavy atom. The van der Waals surface area contributed by atoms with E-state index >= 15 is 0 Å². The molecule has 0 saturated carbocycles. The van der Waals surface area contributed by atoms with Crippen LogP contribution in [0.15, 0.2) is 29.4 Å². The van der Waals surface area contributed by atoms with Gasteiger partial charge in [-0.1, -0.05) is 12.2 Å². The molecule has 5 heteroatoms. The van der Waals surface area contributed by atoms with Crippen LogP contribution in [0.4, 0.5) is 0 Å². The van der Waals surface area contributed by atoms with Gasteiger partial charge in [0, 0.05) is 0 Å². The van der Waals surface area contributed by atoms with Crippen molar-refractivity contribution in [2.75, 3.05) is 7.11 Å². The van der Waals surface area contributed by atoms with Crippen LogP contribution in [0.2, 0.25) is 0 Å². The maximum absolute atomic E-state index is 5.02. The predicted molar refractivity (Wildman–Crippen MR) is 65.3 cm³/mol. The van der Waals surface area contributed by atoms with Crippen LogP contribution in [-0.2, 0) is 0 Å². The molecule has 0 atom stereocenters. The molecule has 1 aromatic carbocycles. The number of rotatable bonds is 3. The summed E-state index contributed by atoms with van der Waals surface area (Å²) in [5.74, 6) is 0.819. The lowest BCUT2D eigenvalue weighted by Crippen LogP contribution is -2.07. The molecular formula is C9H10N2OS2. The molecule has 0 amide bonds. The van der Waals surface area contributed by atoms with Crippen LogP contribution in [0.5, 0.6) is 5.75 Å². The van der Waals surface area contributed by atoms with E-state index in [1.54, 1.807) is 13.3 Å². The average Bonchev–Trinajstić information content (AvgIpc) is 2.18. The van der Waals surface area contributed by atoms with Crippen molar-refractivity contribution >= 4 is 35.4 Å². The quantitative estimate of drug-likeness (QED) is 0.357. The fourth-order valence-corrected chi connectivity index (χ4v) is 0.962. The molecule has 3 nitrogen and oxygen atoms in total. The van der Waals surface area contributed by atoms with Crippen LogP contribution in [0.25, 0.3) is 0 Å². The van der Waals surface area contributed by atoms with E-state index < -0.39 is 0 Å². The zero-order valence-electron chi connectivity index (χ0n) is 7.60. The smallest absolute Gasteiger partial charge is 0.150 e. The highest BCUT2D eigenvalue weighted by atomic mass is 32.1. The summed E-state index contributed by atoms with van der Waals surface area (Å²) in [5.41, 5.74) is 3.52. The van der Waals surface area contributed by atoms with E-state index in [9.17, 15) is 0 Å². The molecule has 1 aromatic rings. The minimum atomic E-state index is 0.342. The van der Waals surface area contributed by atoms with Crippen molar-refractivity contribution in [2.24, 2.45) is 5.10 Å². The van der Waals surface area contributed by atoms with Crippen LogP contribution in [0.1, 0.15) is 5.56 Å². The summed E-state index contributed by atoms with van der Waals surface area (Å²) in [7, 11) is 1.63. The van der Waals surface area contributed by atoms with Crippen LogP contribution in [-0.4, -0.2) is 17.6 Å². The van der Waals surface area contributed by atoms with Crippen molar-refractivity contribution in [1.29, 1.82) is 0 Å². The lowest BCUT2D eigenvalue weighted by Gasteiger charge is -1.98. The maximum atomic E-state index is 5.02. The predicted octanol–water partition coefficient (Wildman–Crippen LogP) is 1.83. The van der Waals surface area contributed by atoms with Gasteiger partial charge in [0.15, 0.2) is 4.32 Å². The second-order valence-corrected chi connectivity index (χ2v) is 3.61. The number of thiol groups is 1. The molecule has 0 spiro atoms. The van der Waals surface area contributed by atoms with Crippen LogP contribution in [0.3, 0.4) is 0 Å². The molecule has 74 valence electrons. The van der Waals surface area contributed by atoms with Gasteiger partial charge in [0.05, 0.1) is 13.3 Å². The molecule has 0 aromatic heterocycles. The second-order valence-electron chi connectivity index (χ2n) is 2.45. The number of hydrazone groups is 1. The largest absolute Gasteiger partial charge is 0.497 e. The van der Waals surface area contributed by atoms with Gasteiger partial charge in [0.1, 0.15) is 5.75 Å².